The van der Waals surface area contributed by atoms with Crippen molar-refractivity contribution in [2.24, 2.45) is 5.92 Å². The van der Waals surface area contributed by atoms with Gasteiger partial charge >= 0.3 is 0 Å². The Kier molecular flexibility index (Phi) is 4.08. The van der Waals surface area contributed by atoms with E-state index >= 15 is 0 Å². The summed E-state index contributed by atoms with van der Waals surface area (Å²) in [4.78, 5) is 6.38. The van der Waals surface area contributed by atoms with Crippen LogP contribution in [0.5, 0.6) is 0 Å². The minimum atomic E-state index is 0.495. The second-order valence-corrected chi connectivity index (χ2v) is 4.51. The number of aromatic nitrogens is 1. The van der Waals surface area contributed by atoms with Gasteiger partial charge in [0.15, 0.2) is 0 Å². The fourth-order valence-corrected chi connectivity index (χ4v) is 2.32. The van der Waals surface area contributed by atoms with Gasteiger partial charge in [0.1, 0.15) is 11.8 Å². The Morgan fingerprint density at radius 2 is 2.53 bits per heavy atom. The SMILES string of the molecule is COCC1CCN(Cc2ccnc(C#N)c2)C1. The molecule has 1 fully saturated rings. The summed E-state index contributed by atoms with van der Waals surface area (Å²) < 4.78 is 5.18. The molecule has 1 unspecified atom stereocenters. The third-order valence-corrected chi connectivity index (χ3v) is 3.12. The molecular formula is C13H17N3O. The van der Waals surface area contributed by atoms with Crippen LogP contribution in [0.3, 0.4) is 0 Å². The van der Waals surface area contributed by atoms with Gasteiger partial charge in [-0.05, 0) is 36.6 Å². The number of pyridine rings is 1. The van der Waals surface area contributed by atoms with E-state index in [4.69, 9.17) is 10.00 Å². The van der Waals surface area contributed by atoms with E-state index in [9.17, 15) is 0 Å². The molecule has 90 valence electrons. The maximum absolute atomic E-state index is 8.79. The lowest BCUT2D eigenvalue weighted by atomic mass is 10.1. The Morgan fingerprint density at radius 3 is 3.29 bits per heavy atom. The topological polar surface area (TPSA) is 49.1 Å². The molecule has 1 saturated heterocycles. The lowest BCUT2D eigenvalue weighted by molar-refractivity contribution is 0.152. The summed E-state index contributed by atoms with van der Waals surface area (Å²) >= 11 is 0. The van der Waals surface area contributed by atoms with Crippen LogP contribution in [0.1, 0.15) is 17.7 Å². The standard InChI is InChI=1S/C13H17N3O/c1-17-10-12-3-5-16(9-12)8-11-2-4-15-13(6-11)7-14/h2,4,6,12H,3,5,8-10H2,1H3. The number of nitriles is 1. The number of nitrogens with zero attached hydrogens (tertiary/aromatic N) is 3. The number of rotatable bonds is 4. The molecule has 0 radical (unpaired) electrons. The predicted molar refractivity (Wildman–Crippen MR) is 64.2 cm³/mol. The van der Waals surface area contributed by atoms with Crippen LogP contribution in [0, 0.1) is 17.2 Å². The molecule has 0 amide bonds. The van der Waals surface area contributed by atoms with Gasteiger partial charge in [-0.2, -0.15) is 5.26 Å². The fraction of sp³-hybridized carbons (Fsp3) is 0.538. The minimum Gasteiger partial charge on any atom is -0.384 e. The highest BCUT2D eigenvalue weighted by Crippen LogP contribution is 2.18. The first-order valence-electron chi connectivity index (χ1n) is 5.88. The maximum atomic E-state index is 8.79. The molecule has 0 N–H and O–H groups in total. The molecule has 0 saturated carbocycles. The van der Waals surface area contributed by atoms with Crippen LogP contribution in [-0.2, 0) is 11.3 Å². The van der Waals surface area contributed by atoms with E-state index in [1.807, 2.05) is 12.1 Å². The zero-order valence-corrected chi connectivity index (χ0v) is 10.1. The summed E-state index contributed by atoms with van der Waals surface area (Å²) in [6.45, 7) is 3.93. The molecule has 2 heterocycles. The summed E-state index contributed by atoms with van der Waals surface area (Å²) in [6.07, 6.45) is 2.90. The van der Waals surface area contributed by atoms with Gasteiger partial charge in [-0.3, -0.25) is 4.90 Å². The maximum Gasteiger partial charge on any atom is 0.140 e. The molecule has 1 aliphatic rings. The highest BCUT2D eigenvalue weighted by atomic mass is 16.5. The summed E-state index contributed by atoms with van der Waals surface area (Å²) in [5.41, 5.74) is 1.66. The largest absolute Gasteiger partial charge is 0.384 e. The first kappa shape index (κ1) is 12.0. The molecule has 0 spiro atoms. The number of hydrogen-bond acceptors (Lipinski definition) is 4. The van der Waals surface area contributed by atoms with Gasteiger partial charge in [0.25, 0.3) is 0 Å². The normalized spacial score (nSPS) is 20.4. The van der Waals surface area contributed by atoms with Crippen molar-refractivity contribution in [2.75, 3.05) is 26.8 Å². The van der Waals surface area contributed by atoms with Crippen molar-refractivity contribution in [3.05, 3.63) is 29.6 Å². The molecule has 0 aromatic carbocycles. The van der Waals surface area contributed by atoms with Crippen molar-refractivity contribution < 1.29 is 4.74 Å². The van der Waals surface area contributed by atoms with Crippen molar-refractivity contribution in [3.8, 4) is 6.07 Å². The third kappa shape index (κ3) is 3.26. The van der Waals surface area contributed by atoms with Crippen LogP contribution in [0.4, 0.5) is 0 Å². The first-order chi connectivity index (χ1) is 8.31. The molecule has 1 aromatic heterocycles. The Hall–Kier alpha value is -1.44. The molecule has 1 aliphatic heterocycles. The van der Waals surface area contributed by atoms with Crippen LogP contribution in [-0.4, -0.2) is 36.7 Å². The molecule has 0 aliphatic carbocycles. The number of methoxy groups -OCH3 is 1. The van der Waals surface area contributed by atoms with E-state index < -0.39 is 0 Å². The molecule has 1 aromatic rings. The summed E-state index contributed by atoms with van der Waals surface area (Å²) in [5.74, 6) is 0.650. The van der Waals surface area contributed by atoms with Crippen LogP contribution in [0.15, 0.2) is 18.3 Å². The molecule has 4 heteroatoms. The van der Waals surface area contributed by atoms with Crippen molar-refractivity contribution in [1.82, 2.24) is 9.88 Å². The van der Waals surface area contributed by atoms with Crippen molar-refractivity contribution in [1.29, 1.82) is 5.26 Å². The number of hydrogen-bond donors (Lipinski definition) is 0. The van der Waals surface area contributed by atoms with Gasteiger partial charge in [-0.15, -0.1) is 0 Å². The van der Waals surface area contributed by atoms with Gasteiger partial charge in [-0.1, -0.05) is 0 Å². The average molecular weight is 231 g/mol. The second kappa shape index (κ2) is 5.76. The lowest BCUT2D eigenvalue weighted by Crippen LogP contribution is -2.21. The van der Waals surface area contributed by atoms with Gasteiger partial charge in [0, 0.05) is 26.4 Å². The minimum absolute atomic E-state index is 0.495. The molecule has 4 nitrogen and oxygen atoms in total. The van der Waals surface area contributed by atoms with Crippen LogP contribution >= 0.6 is 0 Å². The smallest absolute Gasteiger partial charge is 0.140 e. The molecule has 1 atom stereocenters. The van der Waals surface area contributed by atoms with Gasteiger partial charge in [-0.25, -0.2) is 4.98 Å². The average Bonchev–Trinajstić information content (AvgIpc) is 2.77. The Labute approximate surface area is 102 Å². The van der Waals surface area contributed by atoms with Crippen molar-refractivity contribution >= 4 is 0 Å². The molecular weight excluding hydrogens is 214 g/mol. The van der Waals surface area contributed by atoms with E-state index in [-0.39, 0.29) is 0 Å². The molecule has 0 bridgehead atoms. The predicted octanol–water partition coefficient (Wildman–Crippen LogP) is 1.42. The fourth-order valence-electron chi connectivity index (χ4n) is 2.32. The van der Waals surface area contributed by atoms with Crippen LogP contribution < -0.4 is 0 Å². The van der Waals surface area contributed by atoms with Gasteiger partial charge in [0.05, 0.1) is 6.61 Å². The van der Waals surface area contributed by atoms with Crippen molar-refractivity contribution in [3.63, 3.8) is 0 Å². The number of likely N-dealkylation sites (tertiary alicyclic amines) is 1. The highest BCUT2D eigenvalue weighted by molar-refractivity contribution is 5.25. The summed E-state index contributed by atoms with van der Waals surface area (Å²) in [7, 11) is 1.75. The van der Waals surface area contributed by atoms with E-state index in [2.05, 4.69) is 16.0 Å². The molecule has 17 heavy (non-hydrogen) atoms. The van der Waals surface area contributed by atoms with E-state index in [0.717, 1.165) is 31.8 Å². The highest BCUT2D eigenvalue weighted by Gasteiger charge is 2.22. The Balaban J connectivity index is 1.91. The second-order valence-electron chi connectivity index (χ2n) is 4.51. The third-order valence-electron chi connectivity index (χ3n) is 3.12. The van der Waals surface area contributed by atoms with E-state index in [1.165, 1.54) is 6.42 Å². The van der Waals surface area contributed by atoms with E-state index in [0.29, 0.717) is 11.6 Å². The lowest BCUT2D eigenvalue weighted by Gasteiger charge is -2.15. The van der Waals surface area contributed by atoms with Gasteiger partial charge < -0.3 is 4.74 Å². The summed E-state index contributed by atoms with van der Waals surface area (Å²) in [5, 5.41) is 8.79. The Bertz CT molecular complexity index is 413. The monoisotopic (exact) mass is 231 g/mol. The zero-order valence-electron chi connectivity index (χ0n) is 10.1. The van der Waals surface area contributed by atoms with Crippen LogP contribution in [0.2, 0.25) is 0 Å². The van der Waals surface area contributed by atoms with Crippen molar-refractivity contribution in [2.45, 2.75) is 13.0 Å². The zero-order chi connectivity index (χ0) is 12.1. The summed E-state index contributed by atoms with van der Waals surface area (Å²) in [6, 6.07) is 5.91. The number of ether oxygens (including phenoxy) is 1. The quantitative estimate of drug-likeness (QED) is 0.786. The van der Waals surface area contributed by atoms with E-state index in [1.54, 1.807) is 13.3 Å². The first-order valence-corrected chi connectivity index (χ1v) is 5.88. The van der Waals surface area contributed by atoms with Crippen LogP contribution in [0.25, 0.3) is 0 Å². The molecule has 2 rings (SSSR count). The Morgan fingerprint density at radius 1 is 1.65 bits per heavy atom. The van der Waals surface area contributed by atoms with Gasteiger partial charge in [0.2, 0.25) is 0 Å².